The molecule has 0 amide bonds. The van der Waals surface area contributed by atoms with E-state index in [1.54, 1.807) is 6.07 Å². The highest BCUT2D eigenvalue weighted by Crippen LogP contribution is 2.27. The zero-order valence-electron chi connectivity index (χ0n) is 15.1. The molecule has 2 heterocycles. The molecule has 2 aliphatic rings. The lowest BCUT2D eigenvalue weighted by Gasteiger charge is -2.32. The number of halogens is 1. The van der Waals surface area contributed by atoms with Gasteiger partial charge in [0.2, 0.25) is 11.7 Å². The molecule has 0 radical (unpaired) electrons. The average molecular weight is 363 g/mol. The first-order chi connectivity index (χ1) is 12.4. The minimum atomic E-state index is -1.15. The monoisotopic (exact) mass is 363 g/mol. The van der Waals surface area contributed by atoms with E-state index in [1.807, 2.05) is 0 Å². The molecular formula is C17H26FN7O. The molecule has 142 valence electrons. The van der Waals surface area contributed by atoms with Gasteiger partial charge in [-0.25, -0.2) is 14.4 Å². The van der Waals surface area contributed by atoms with E-state index in [9.17, 15) is 4.39 Å². The van der Waals surface area contributed by atoms with Crippen molar-refractivity contribution < 1.29 is 9.13 Å². The van der Waals surface area contributed by atoms with E-state index in [-0.39, 0.29) is 11.7 Å². The summed E-state index contributed by atoms with van der Waals surface area (Å²) in [6.07, 6.45) is 2.79. The minimum absolute atomic E-state index is 0.171. The predicted octanol–water partition coefficient (Wildman–Crippen LogP) is 1.01. The second-order valence-electron chi connectivity index (χ2n) is 6.56. The van der Waals surface area contributed by atoms with E-state index in [1.165, 1.54) is 19.2 Å². The van der Waals surface area contributed by atoms with Crippen molar-refractivity contribution in [2.75, 3.05) is 25.5 Å². The SMILES string of the molecule is CCN1CCC[C@@H]1CC1(N)N=C(N)NC(Nc2ccc(OC)c(F)c2)=N1. The Morgan fingerprint density at radius 1 is 1.46 bits per heavy atom. The fourth-order valence-corrected chi connectivity index (χ4v) is 3.53. The number of nitrogens with zero attached hydrogens (tertiary/aromatic N) is 3. The number of nitrogens with two attached hydrogens (primary N) is 2. The predicted molar refractivity (Wildman–Crippen MR) is 101 cm³/mol. The number of anilines is 1. The third-order valence-electron chi connectivity index (χ3n) is 4.72. The number of hydrogen-bond donors (Lipinski definition) is 4. The molecule has 26 heavy (non-hydrogen) atoms. The topological polar surface area (TPSA) is 113 Å². The molecule has 1 aromatic rings. The molecule has 6 N–H and O–H groups in total. The van der Waals surface area contributed by atoms with Gasteiger partial charge in [0.15, 0.2) is 17.5 Å². The Morgan fingerprint density at radius 3 is 2.96 bits per heavy atom. The van der Waals surface area contributed by atoms with Gasteiger partial charge in [0, 0.05) is 24.2 Å². The van der Waals surface area contributed by atoms with Gasteiger partial charge in [-0.05, 0) is 38.1 Å². The highest BCUT2D eigenvalue weighted by molar-refractivity contribution is 6.06. The molecule has 9 heteroatoms. The van der Waals surface area contributed by atoms with Crippen molar-refractivity contribution in [3.05, 3.63) is 24.0 Å². The molecule has 0 saturated carbocycles. The Morgan fingerprint density at radius 2 is 2.27 bits per heavy atom. The molecule has 1 saturated heterocycles. The molecule has 0 aliphatic carbocycles. The summed E-state index contributed by atoms with van der Waals surface area (Å²) in [7, 11) is 1.42. The molecule has 1 aromatic carbocycles. The second kappa shape index (κ2) is 7.46. The molecule has 0 spiro atoms. The van der Waals surface area contributed by atoms with E-state index in [4.69, 9.17) is 16.2 Å². The number of aliphatic imine (C=N–C) groups is 2. The van der Waals surface area contributed by atoms with Crippen LogP contribution in [0, 0.1) is 5.82 Å². The van der Waals surface area contributed by atoms with Crippen molar-refractivity contribution in [2.45, 2.75) is 38.0 Å². The Hall–Kier alpha value is -2.39. The number of hydrogen-bond acceptors (Lipinski definition) is 8. The summed E-state index contributed by atoms with van der Waals surface area (Å²) in [5, 5.41) is 5.84. The van der Waals surface area contributed by atoms with Gasteiger partial charge < -0.3 is 20.7 Å². The van der Waals surface area contributed by atoms with E-state index >= 15 is 0 Å². The van der Waals surface area contributed by atoms with Crippen molar-refractivity contribution >= 4 is 17.6 Å². The standard InChI is InChI=1S/C17H26FN7O/c1-3-25-8-4-5-12(25)10-17(20)23-15(19)22-16(24-17)21-11-6-7-14(26-2)13(18)9-11/h6-7,9,12H,3-5,8,10,20H2,1-2H3,(H4,19,21,22,23,24)/t12-,17?/m1/s1. The maximum Gasteiger partial charge on any atom is 0.211 e. The van der Waals surface area contributed by atoms with Crippen molar-refractivity contribution in [3.8, 4) is 5.75 Å². The largest absolute Gasteiger partial charge is 0.494 e. The summed E-state index contributed by atoms with van der Waals surface area (Å²) >= 11 is 0. The number of methoxy groups -OCH3 is 1. The van der Waals surface area contributed by atoms with Gasteiger partial charge in [-0.3, -0.25) is 11.1 Å². The third kappa shape index (κ3) is 4.05. The first-order valence-electron chi connectivity index (χ1n) is 8.78. The second-order valence-corrected chi connectivity index (χ2v) is 6.56. The highest BCUT2D eigenvalue weighted by Gasteiger charge is 2.35. The maximum absolute atomic E-state index is 13.9. The van der Waals surface area contributed by atoms with Gasteiger partial charge in [-0.2, -0.15) is 0 Å². The van der Waals surface area contributed by atoms with Crippen molar-refractivity contribution in [3.63, 3.8) is 0 Å². The minimum Gasteiger partial charge on any atom is -0.494 e. The van der Waals surface area contributed by atoms with E-state index in [0.717, 1.165) is 25.9 Å². The molecule has 0 aromatic heterocycles. The molecule has 2 atom stereocenters. The zero-order chi connectivity index (χ0) is 18.7. The molecule has 1 fully saturated rings. The number of benzene rings is 1. The van der Waals surface area contributed by atoms with E-state index < -0.39 is 11.6 Å². The molecular weight excluding hydrogens is 337 g/mol. The van der Waals surface area contributed by atoms with E-state index in [2.05, 4.69) is 32.4 Å². The van der Waals surface area contributed by atoms with Gasteiger partial charge in [0.05, 0.1) is 7.11 Å². The Kier molecular flexibility index (Phi) is 5.28. The Bertz CT molecular complexity index is 723. The quantitative estimate of drug-likeness (QED) is 0.621. The lowest BCUT2D eigenvalue weighted by Crippen LogP contribution is -2.54. The molecule has 0 bridgehead atoms. The average Bonchev–Trinajstić information content (AvgIpc) is 3.00. The van der Waals surface area contributed by atoms with Gasteiger partial charge >= 0.3 is 0 Å². The van der Waals surface area contributed by atoms with Crippen LogP contribution in [0.2, 0.25) is 0 Å². The van der Waals surface area contributed by atoms with Gasteiger partial charge in [-0.1, -0.05) is 6.92 Å². The fraction of sp³-hybridized carbons (Fsp3) is 0.529. The third-order valence-corrected chi connectivity index (χ3v) is 4.72. The number of guanidine groups is 2. The fourth-order valence-electron chi connectivity index (χ4n) is 3.53. The molecule has 1 unspecified atom stereocenters. The summed E-state index contributed by atoms with van der Waals surface area (Å²) in [6, 6.07) is 4.86. The van der Waals surface area contributed by atoms with Crippen molar-refractivity contribution in [2.24, 2.45) is 21.5 Å². The van der Waals surface area contributed by atoms with Crippen LogP contribution in [0.5, 0.6) is 5.75 Å². The number of ether oxygens (including phenoxy) is 1. The Labute approximate surface area is 152 Å². The summed E-state index contributed by atoms with van der Waals surface area (Å²) in [4.78, 5) is 11.2. The first-order valence-corrected chi connectivity index (χ1v) is 8.78. The number of rotatable bonds is 5. The van der Waals surface area contributed by atoms with Crippen LogP contribution in [0.1, 0.15) is 26.2 Å². The van der Waals surface area contributed by atoms with Crippen LogP contribution in [-0.4, -0.2) is 48.8 Å². The highest BCUT2D eigenvalue weighted by atomic mass is 19.1. The molecule has 2 aliphatic heterocycles. The number of likely N-dealkylation sites (tertiary alicyclic amines) is 1. The summed E-state index contributed by atoms with van der Waals surface area (Å²) in [5.74, 6) is -0.931. The summed E-state index contributed by atoms with van der Waals surface area (Å²) in [5.41, 5.74) is 12.8. The Balaban J connectivity index is 1.76. The van der Waals surface area contributed by atoms with Crippen LogP contribution in [0.3, 0.4) is 0 Å². The van der Waals surface area contributed by atoms with Crippen LogP contribution >= 0.6 is 0 Å². The van der Waals surface area contributed by atoms with Crippen molar-refractivity contribution in [1.29, 1.82) is 0 Å². The maximum atomic E-state index is 13.9. The molecule has 3 rings (SSSR count). The van der Waals surface area contributed by atoms with Gasteiger partial charge in [0.1, 0.15) is 0 Å². The van der Waals surface area contributed by atoms with Crippen LogP contribution < -0.4 is 26.8 Å². The van der Waals surface area contributed by atoms with E-state index in [0.29, 0.717) is 24.1 Å². The lowest BCUT2D eigenvalue weighted by atomic mass is 10.1. The lowest BCUT2D eigenvalue weighted by molar-refractivity contribution is 0.217. The van der Waals surface area contributed by atoms with Gasteiger partial charge in [0.25, 0.3) is 0 Å². The normalized spacial score (nSPS) is 26.1. The number of nitrogens with one attached hydrogen (secondary N) is 2. The molecule has 8 nitrogen and oxygen atoms in total. The van der Waals surface area contributed by atoms with Crippen LogP contribution in [0.15, 0.2) is 28.2 Å². The van der Waals surface area contributed by atoms with Crippen LogP contribution in [0.4, 0.5) is 10.1 Å². The zero-order valence-corrected chi connectivity index (χ0v) is 15.1. The smallest absolute Gasteiger partial charge is 0.211 e. The van der Waals surface area contributed by atoms with Gasteiger partial charge in [-0.15, -0.1) is 0 Å². The van der Waals surface area contributed by atoms with Crippen LogP contribution in [0.25, 0.3) is 0 Å². The summed E-state index contributed by atoms with van der Waals surface area (Å²) in [6.45, 7) is 4.17. The van der Waals surface area contributed by atoms with Crippen molar-refractivity contribution in [1.82, 2.24) is 10.2 Å². The first kappa shape index (κ1) is 18.4. The van der Waals surface area contributed by atoms with Crippen LogP contribution in [-0.2, 0) is 0 Å². The summed E-state index contributed by atoms with van der Waals surface area (Å²) < 4.78 is 18.8.